The summed E-state index contributed by atoms with van der Waals surface area (Å²) in [5, 5.41) is 0. The molecule has 0 aromatic heterocycles. The number of rotatable bonds is 6. The van der Waals surface area contributed by atoms with Crippen molar-refractivity contribution in [2.45, 2.75) is 57.1 Å². The standard InChI is InChI=1S/C13H26N2OS/c14-15-12(3-4-13-2-1-7-16-13)10-11-5-8-17-9-6-11/h11-13,15H,1-10,14H2. The lowest BCUT2D eigenvalue weighted by Crippen LogP contribution is -2.37. The SMILES string of the molecule is NNC(CCC1CCCO1)CC1CCSCC1. The Labute approximate surface area is 109 Å². The summed E-state index contributed by atoms with van der Waals surface area (Å²) in [4.78, 5) is 0. The third kappa shape index (κ3) is 4.78. The van der Waals surface area contributed by atoms with Crippen molar-refractivity contribution in [2.75, 3.05) is 18.1 Å². The molecule has 0 radical (unpaired) electrons. The van der Waals surface area contributed by atoms with Gasteiger partial charge in [-0.3, -0.25) is 11.3 Å². The molecule has 0 aromatic carbocycles. The highest BCUT2D eigenvalue weighted by molar-refractivity contribution is 7.99. The first-order valence-corrected chi connectivity index (χ1v) is 8.19. The van der Waals surface area contributed by atoms with Crippen LogP contribution in [0.25, 0.3) is 0 Å². The van der Waals surface area contributed by atoms with E-state index in [2.05, 4.69) is 17.2 Å². The molecule has 2 fully saturated rings. The molecule has 2 saturated heterocycles. The molecule has 2 unspecified atom stereocenters. The largest absolute Gasteiger partial charge is 0.378 e. The summed E-state index contributed by atoms with van der Waals surface area (Å²) in [6.07, 6.45) is 9.35. The van der Waals surface area contributed by atoms with Gasteiger partial charge in [0, 0.05) is 12.6 Å². The maximum absolute atomic E-state index is 5.68. The van der Waals surface area contributed by atoms with Gasteiger partial charge in [-0.15, -0.1) is 0 Å². The molecule has 2 aliphatic heterocycles. The Morgan fingerprint density at radius 2 is 2.12 bits per heavy atom. The van der Waals surface area contributed by atoms with Crippen LogP contribution < -0.4 is 11.3 Å². The van der Waals surface area contributed by atoms with Crippen molar-refractivity contribution in [3.05, 3.63) is 0 Å². The molecular formula is C13H26N2OS. The number of nitrogens with one attached hydrogen (secondary N) is 1. The van der Waals surface area contributed by atoms with E-state index in [0.717, 1.165) is 12.5 Å². The Balaban J connectivity index is 1.64. The average Bonchev–Trinajstić information content (AvgIpc) is 2.89. The number of thioether (sulfide) groups is 1. The van der Waals surface area contributed by atoms with E-state index in [1.54, 1.807) is 0 Å². The van der Waals surface area contributed by atoms with Crippen molar-refractivity contribution in [1.29, 1.82) is 0 Å². The van der Waals surface area contributed by atoms with Crippen LogP contribution in [0.4, 0.5) is 0 Å². The maximum atomic E-state index is 5.68. The summed E-state index contributed by atoms with van der Waals surface area (Å²) in [7, 11) is 0. The average molecular weight is 258 g/mol. The van der Waals surface area contributed by atoms with Crippen molar-refractivity contribution in [3.63, 3.8) is 0 Å². The van der Waals surface area contributed by atoms with Crippen LogP contribution in [0.15, 0.2) is 0 Å². The summed E-state index contributed by atoms with van der Waals surface area (Å²) in [5.41, 5.74) is 3.01. The highest BCUT2D eigenvalue weighted by Crippen LogP contribution is 2.27. The van der Waals surface area contributed by atoms with Gasteiger partial charge in [-0.2, -0.15) is 11.8 Å². The zero-order valence-electron chi connectivity index (χ0n) is 10.7. The molecule has 100 valence electrons. The van der Waals surface area contributed by atoms with Gasteiger partial charge in [0.15, 0.2) is 0 Å². The van der Waals surface area contributed by atoms with Gasteiger partial charge in [0.2, 0.25) is 0 Å². The fourth-order valence-electron chi connectivity index (χ4n) is 2.91. The third-order valence-electron chi connectivity index (χ3n) is 4.06. The second-order valence-corrected chi connectivity index (χ2v) is 6.59. The molecule has 2 heterocycles. The first kappa shape index (κ1) is 13.7. The van der Waals surface area contributed by atoms with E-state index < -0.39 is 0 Å². The van der Waals surface area contributed by atoms with Crippen molar-refractivity contribution in [1.82, 2.24) is 5.43 Å². The van der Waals surface area contributed by atoms with Crippen molar-refractivity contribution >= 4 is 11.8 Å². The summed E-state index contributed by atoms with van der Waals surface area (Å²) >= 11 is 2.10. The molecule has 2 aliphatic rings. The second-order valence-electron chi connectivity index (χ2n) is 5.37. The summed E-state index contributed by atoms with van der Waals surface area (Å²) in [6.45, 7) is 0.964. The Bertz CT molecular complexity index is 204. The lowest BCUT2D eigenvalue weighted by atomic mass is 9.92. The van der Waals surface area contributed by atoms with Gasteiger partial charge in [0.1, 0.15) is 0 Å². The van der Waals surface area contributed by atoms with E-state index >= 15 is 0 Å². The van der Waals surface area contributed by atoms with Crippen LogP contribution in [0.3, 0.4) is 0 Å². The number of nitrogens with two attached hydrogens (primary N) is 1. The summed E-state index contributed by atoms with van der Waals surface area (Å²) < 4.78 is 5.67. The minimum Gasteiger partial charge on any atom is -0.378 e. The van der Waals surface area contributed by atoms with E-state index in [1.807, 2.05) is 0 Å². The molecule has 0 saturated carbocycles. The molecule has 3 N–H and O–H groups in total. The van der Waals surface area contributed by atoms with Crippen LogP contribution in [0.2, 0.25) is 0 Å². The van der Waals surface area contributed by atoms with E-state index in [-0.39, 0.29) is 0 Å². The van der Waals surface area contributed by atoms with Gasteiger partial charge in [-0.25, -0.2) is 0 Å². The first-order valence-electron chi connectivity index (χ1n) is 7.04. The van der Waals surface area contributed by atoms with Crippen LogP contribution in [0.5, 0.6) is 0 Å². The Hall–Kier alpha value is 0.230. The lowest BCUT2D eigenvalue weighted by Gasteiger charge is -2.26. The molecular weight excluding hydrogens is 232 g/mol. The molecule has 0 spiro atoms. The lowest BCUT2D eigenvalue weighted by molar-refractivity contribution is 0.0985. The van der Waals surface area contributed by atoms with Crippen molar-refractivity contribution in [2.24, 2.45) is 11.8 Å². The van der Waals surface area contributed by atoms with E-state index in [9.17, 15) is 0 Å². The number of hydrazine groups is 1. The summed E-state index contributed by atoms with van der Waals surface area (Å²) in [6, 6.07) is 0.493. The minimum atomic E-state index is 0.493. The molecule has 2 atom stereocenters. The van der Waals surface area contributed by atoms with Crippen LogP contribution in [0.1, 0.15) is 44.9 Å². The van der Waals surface area contributed by atoms with Gasteiger partial charge in [-0.05, 0) is 62.4 Å². The van der Waals surface area contributed by atoms with E-state index in [0.29, 0.717) is 12.1 Å². The van der Waals surface area contributed by atoms with Gasteiger partial charge in [0.25, 0.3) is 0 Å². The quantitative estimate of drug-likeness (QED) is 0.567. The molecule has 0 aromatic rings. The van der Waals surface area contributed by atoms with Crippen LogP contribution >= 0.6 is 11.8 Å². The maximum Gasteiger partial charge on any atom is 0.0576 e. The highest BCUT2D eigenvalue weighted by Gasteiger charge is 2.21. The van der Waals surface area contributed by atoms with Crippen molar-refractivity contribution in [3.8, 4) is 0 Å². The van der Waals surface area contributed by atoms with Gasteiger partial charge in [0.05, 0.1) is 6.10 Å². The smallest absolute Gasteiger partial charge is 0.0576 e. The number of hydrogen-bond acceptors (Lipinski definition) is 4. The zero-order chi connectivity index (χ0) is 11.9. The van der Waals surface area contributed by atoms with Crippen LogP contribution in [-0.2, 0) is 4.74 Å². The fourth-order valence-corrected chi connectivity index (χ4v) is 4.12. The van der Waals surface area contributed by atoms with Crippen LogP contribution in [-0.4, -0.2) is 30.3 Å². The zero-order valence-corrected chi connectivity index (χ0v) is 11.5. The van der Waals surface area contributed by atoms with E-state index in [4.69, 9.17) is 10.6 Å². The molecule has 0 aliphatic carbocycles. The van der Waals surface area contributed by atoms with Gasteiger partial charge in [-0.1, -0.05) is 0 Å². The predicted molar refractivity (Wildman–Crippen MR) is 74.0 cm³/mol. The van der Waals surface area contributed by atoms with E-state index in [1.165, 1.54) is 56.5 Å². The minimum absolute atomic E-state index is 0.493. The van der Waals surface area contributed by atoms with Crippen LogP contribution in [0, 0.1) is 5.92 Å². The fraction of sp³-hybridized carbons (Fsp3) is 1.00. The van der Waals surface area contributed by atoms with Gasteiger partial charge < -0.3 is 4.74 Å². The monoisotopic (exact) mass is 258 g/mol. The van der Waals surface area contributed by atoms with Crippen molar-refractivity contribution < 1.29 is 4.74 Å². The highest BCUT2D eigenvalue weighted by atomic mass is 32.2. The molecule has 3 nitrogen and oxygen atoms in total. The Morgan fingerprint density at radius 3 is 2.76 bits per heavy atom. The normalized spacial score (nSPS) is 28.4. The Morgan fingerprint density at radius 1 is 1.29 bits per heavy atom. The Kier molecular flexibility index (Phi) is 6.12. The molecule has 4 heteroatoms. The predicted octanol–water partition coefficient (Wildman–Crippen LogP) is 2.31. The number of ether oxygens (including phenoxy) is 1. The van der Waals surface area contributed by atoms with Gasteiger partial charge >= 0.3 is 0 Å². The number of hydrogen-bond donors (Lipinski definition) is 2. The first-order chi connectivity index (χ1) is 8.38. The molecule has 17 heavy (non-hydrogen) atoms. The third-order valence-corrected chi connectivity index (χ3v) is 5.10. The molecule has 0 amide bonds. The topological polar surface area (TPSA) is 47.3 Å². The molecule has 2 rings (SSSR count). The molecule has 0 bridgehead atoms. The second kappa shape index (κ2) is 7.62. The summed E-state index contributed by atoms with van der Waals surface area (Å²) in [5.74, 6) is 9.25.